The Morgan fingerprint density at radius 1 is 1.16 bits per heavy atom. The molecule has 1 aromatic carbocycles. The van der Waals surface area contributed by atoms with Crippen LogP contribution in [0.4, 0.5) is 11.6 Å². The smallest absolute Gasteiger partial charge is 0.274 e. The summed E-state index contributed by atoms with van der Waals surface area (Å²) in [6.07, 6.45) is 1.61. The van der Waals surface area contributed by atoms with Crippen molar-refractivity contribution in [2.45, 2.75) is 6.92 Å². The van der Waals surface area contributed by atoms with Gasteiger partial charge in [0.25, 0.3) is 5.91 Å². The number of carbonyl (C=O) groups is 1. The Kier molecular flexibility index (Phi) is 5.73. The Morgan fingerprint density at radius 3 is 2.60 bits per heavy atom. The number of benzene rings is 1. The van der Waals surface area contributed by atoms with Gasteiger partial charge in [-0.3, -0.25) is 4.79 Å². The molecule has 25 heavy (non-hydrogen) atoms. The Labute approximate surface area is 156 Å². The van der Waals surface area contributed by atoms with Gasteiger partial charge in [-0.25, -0.2) is 9.97 Å². The van der Waals surface area contributed by atoms with Crippen LogP contribution in [0.25, 0.3) is 0 Å². The van der Waals surface area contributed by atoms with Crippen molar-refractivity contribution in [2.24, 2.45) is 0 Å². The molecule has 1 aliphatic heterocycles. The molecule has 1 N–H and O–H groups in total. The average molecular weight is 380 g/mol. The average Bonchev–Trinajstić information content (AvgIpc) is 2.65. The monoisotopic (exact) mass is 379 g/mol. The number of rotatable bonds is 4. The summed E-state index contributed by atoms with van der Waals surface area (Å²) in [5.41, 5.74) is 0.880. The first-order valence-electron chi connectivity index (χ1n) is 8.13. The maximum Gasteiger partial charge on any atom is 0.274 e. The number of halogens is 2. The summed E-state index contributed by atoms with van der Waals surface area (Å²) < 4.78 is 0. The van der Waals surface area contributed by atoms with Crippen LogP contribution in [0.15, 0.2) is 30.5 Å². The van der Waals surface area contributed by atoms with E-state index in [4.69, 9.17) is 23.2 Å². The fourth-order valence-corrected chi connectivity index (χ4v) is 2.96. The zero-order chi connectivity index (χ0) is 17.8. The number of amides is 1. The summed E-state index contributed by atoms with van der Waals surface area (Å²) in [7, 11) is 0. The van der Waals surface area contributed by atoms with Crippen LogP contribution in [-0.2, 0) is 0 Å². The van der Waals surface area contributed by atoms with Crippen molar-refractivity contribution in [3.8, 4) is 0 Å². The van der Waals surface area contributed by atoms with Gasteiger partial charge in [-0.05, 0) is 30.8 Å². The minimum Gasteiger partial charge on any atom is -0.338 e. The molecule has 0 saturated carbocycles. The largest absolute Gasteiger partial charge is 0.338 e. The number of carbonyl (C=O) groups excluding carboxylic acids is 1. The van der Waals surface area contributed by atoms with E-state index in [2.05, 4.69) is 32.0 Å². The highest BCUT2D eigenvalue weighted by Crippen LogP contribution is 2.25. The van der Waals surface area contributed by atoms with Crippen molar-refractivity contribution < 1.29 is 4.79 Å². The lowest BCUT2D eigenvalue weighted by atomic mass is 10.3. The predicted octanol–water partition coefficient (Wildman–Crippen LogP) is 3.18. The molecule has 0 atom stereocenters. The molecular weight excluding hydrogens is 361 g/mol. The van der Waals surface area contributed by atoms with Crippen LogP contribution in [0.3, 0.4) is 0 Å². The van der Waals surface area contributed by atoms with Crippen LogP contribution in [0.5, 0.6) is 0 Å². The van der Waals surface area contributed by atoms with Gasteiger partial charge in [0, 0.05) is 38.1 Å². The van der Waals surface area contributed by atoms with Gasteiger partial charge in [0.2, 0.25) is 5.95 Å². The fourth-order valence-electron chi connectivity index (χ4n) is 2.66. The molecule has 2 heterocycles. The maximum absolute atomic E-state index is 12.4. The van der Waals surface area contributed by atoms with Gasteiger partial charge >= 0.3 is 0 Å². The van der Waals surface area contributed by atoms with Crippen molar-refractivity contribution in [1.29, 1.82) is 0 Å². The Hall–Kier alpha value is -1.89. The summed E-state index contributed by atoms with van der Waals surface area (Å²) >= 11 is 11.9. The van der Waals surface area contributed by atoms with E-state index in [1.165, 1.54) is 0 Å². The van der Waals surface area contributed by atoms with Gasteiger partial charge in [-0.2, -0.15) is 0 Å². The molecule has 0 radical (unpaired) electrons. The van der Waals surface area contributed by atoms with Crippen molar-refractivity contribution in [3.05, 3.63) is 46.2 Å². The second-order valence-electron chi connectivity index (χ2n) is 5.75. The molecule has 1 amide bonds. The molecule has 0 spiro atoms. The first-order valence-corrected chi connectivity index (χ1v) is 8.89. The Balaban J connectivity index is 1.70. The highest BCUT2D eigenvalue weighted by Gasteiger charge is 2.19. The number of likely N-dealkylation sites (N-methyl/N-ethyl adjacent to an activating group) is 1. The van der Waals surface area contributed by atoms with Gasteiger partial charge in [-0.15, -0.1) is 0 Å². The maximum atomic E-state index is 12.4. The molecular formula is C17H19Cl2N5O. The summed E-state index contributed by atoms with van der Waals surface area (Å²) in [5, 5.41) is 3.60. The Morgan fingerprint density at radius 2 is 1.92 bits per heavy atom. The van der Waals surface area contributed by atoms with E-state index in [0.29, 0.717) is 27.4 Å². The fraction of sp³-hybridized carbons (Fsp3) is 0.353. The van der Waals surface area contributed by atoms with E-state index in [0.717, 1.165) is 32.7 Å². The predicted molar refractivity (Wildman–Crippen MR) is 101 cm³/mol. The van der Waals surface area contributed by atoms with Gasteiger partial charge in [-0.1, -0.05) is 30.1 Å². The van der Waals surface area contributed by atoms with Crippen LogP contribution in [0.1, 0.15) is 17.4 Å². The van der Waals surface area contributed by atoms with Crippen LogP contribution < -0.4 is 10.2 Å². The molecule has 6 nitrogen and oxygen atoms in total. The zero-order valence-electron chi connectivity index (χ0n) is 13.9. The lowest BCUT2D eigenvalue weighted by molar-refractivity contribution is 0.102. The SMILES string of the molecule is CCN1CCN(c2nccc(C(=O)Nc3ccc(Cl)c(Cl)c3)n2)CC1. The van der Waals surface area contributed by atoms with Crippen LogP contribution >= 0.6 is 23.2 Å². The standard InChI is InChI=1S/C17H19Cl2N5O/c1-2-23-7-9-24(10-8-23)17-20-6-5-15(22-17)16(25)21-12-3-4-13(18)14(19)11-12/h3-6,11H,2,7-10H2,1H3,(H,21,25). The number of aromatic nitrogens is 2. The van der Waals surface area contributed by atoms with E-state index in [1.54, 1.807) is 30.5 Å². The highest BCUT2D eigenvalue weighted by molar-refractivity contribution is 6.42. The topological polar surface area (TPSA) is 61.4 Å². The van der Waals surface area contributed by atoms with E-state index >= 15 is 0 Å². The molecule has 8 heteroatoms. The molecule has 0 aliphatic carbocycles. The van der Waals surface area contributed by atoms with E-state index in [-0.39, 0.29) is 5.91 Å². The first kappa shape index (κ1) is 17.9. The minimum absolute atomic E-state index is 0.311. The summed E-state index contributed by atoms with van der Waals surface area (Å²) in [6, 6.07) is 6.53. The van der Waals surface area contributed by atoms with Gasteiger partial charge in [0.15, 0.2) is 0 Å². The molecule has 1 saturated heterocycles. The molecule has 2 aromatic rings. The van der Waals surface area contributed by atoms with Crippen LogP contribution in [0, 0.1) is 0 Å². The summed E-state index contributed by atoms with van der Waals surface area (Å²) in [5.74, 6) is 0.270. The first-order chi connectivity index (χ1) is 12.1. The Bertz CT molecular complexity index is 762. The summed E-state index contributed by atoms with van der Waals surface area (Å²) in [6.45, 7) is 6.84. The highest BCUT2D eigenvalue weighted by atomic mass is 35.5. The molecule has 1 fully saturated rings. The van der Waals surface area contributed by atoms with Crippen molar-refractivity contribution >= 4 is 40.7 Å². The third-order valence-electron chi connectivity index (χ3n) is 4.16. The number of nitrogens with zero attached hydrogens (tertiary/aromatic N) is 4. The molecule has 0 unspecified atom stereocenters. The van der Waals surface area contributed by atoms with E-state index in [1.807, 2.05) is 0 Å². The zero-order valence-corrected chi connectivity index (χ0v) is 15.4. The lowest BCUT2D eigenvalue weighted by Crippen LogP contribution is -2.46. The normalized spacial score (nSPS) is 15.2. The number of hydrogen-bond donors (Lipinski definition) is 1. The van der Waals surface area contributed by atoms with Gasteiger partial charge in [0.1, 0.15) is 5.69 Å². The molecule has 3 rings (SSSR count). The van der Waals surface area contributed by atoms with Crippen LogP contribution in [-0.4, -0.2) is 53.5 Å². The molecule has 1 aromatic heterocycles. The number of piperazine rings is 1. The summed E-state index contributed by atoms with van der Waals surface area (Å²) in [4.78, 5) is 25.6. The number of nitrogens with one attached hydrogen (secondary N) is 1. The second-order valence-corrected chi connectivity index (χ2v) is 6.56. The molecule has 132 valence electrons. The van der Waals surface area contributed by atoms with Gasteiger partial charge in [0.05, 0.1) is 10.0 Å². The molecule has 0 bridgehead atoms. The molecule has 1 aliphatic rings. The second kappa shape index (κ2) is 7.99. The van der Waals surface area contributed by atoms with E-state index in [9.17, 15) is 4.79 Å². The van der Waals surface area contributed by atoms with E-state index < -0.39 is 0 Å². The number of hydrogen-bond acceptors (Lipinski definition) is 5. The van der Waals surface area contributed by atoms with Crippen molar-refractivity contribution in [3.63, 3.8) is 0 Å². The van der Waals surface area contributed by atoms with Crippen molar-refractivity contribution in [1.82, 2.24) is 14.9 Å². The van der Waals surface area contributed by atoms with Crippen LogP contribution in [0.2, 0.25) is 10.0 Å². The minimum atomic E-state index is -0.311. The lowest BCUT2D eigenvalue weighted by Gasteiger charge is -2.34. The third kappa shape index (κ3) is 4.39. The quantitative estimate of drug-likeness (QED) is 0.883. The van der Waals surface area contributed by atoms with Gasteiger partial charge < -0.3 is 15.1 Å². The van der Waals surface area contributed by atoms with Crippen molar-refractivity contribution in [2.75, 3.05) is 42.9 Å². The third-order valence-corrected chi connectivity index (χ3v) is 4.89. The number of anilines is 2.